The SMILES string of the molecule is Cc1c(C(=O)Nc2cccc(S(=O)(=O)NCCNC(=O)OC(C)(C)C)c2)oc2ccc(F)cc12. The molecule has 0 fully saturated rings. The first-order valence-electron chi connectivity index (χ1n) is 10.4. The second-order valence-electron chi connectivity index (χ2n) is 8.51. The molecule has 0 saturated carbocycles. The van der Waals surface area contributed by atoms with Crippen molar-refractivity contribution in [3.8, 4) is 0 Å². The summed E-state index contributed by atoms with van der Waals surface area (Å²) in [6.45, 7) is 6.75. The molecule has 3 rings (SSSR count). The van der Waals surface area contributed by atoms with Gasteiger partial charge in [0.05, 0.1) is 4.90 Å². The molecule has 0 bridgehead atoms. The normalized spacial score (nSPS) is 11.9. The van der Waals surface area contributed by atoms with E-state index in [4.69, 9.17) is 9.15 Å². The average molecular weight is 492 g/mol. The van der Waals surface area contributed by atoms with Crippen molar-refractivity contribution >= 4 is 38.7 Å². The van der Waals surface area contributed by atoms with E-state index >= 15 is 0 Å². The van der Waals surface area contributed by atoms with Crippen LogP contribution in [0.15, 0.2) is 51.8 Å². The number of carbonyl (C=O) groups excluding carboxylic acids is 2. The second-order valence-corrected chi connectivity index (χ2v) is 10.3. The Morgan fingerprint density at radius 3 is 2.53 bits per heavy atom. The summed E-state index contributed by atoms with van der Waals surface area (Å²) in [5, 5.41) is 5.54. The molecule has 0 atom stereocenters. The van der Waals surface area contributed by atoms with Crippen LogP contribution in [0, 0.1) is 12.7 Å². The number of anilines is 1. The van der Waals surface area contributed by atoms with E-state index in [1.54, 1.807) is 27.7 Å². The smallest absolute Gasteiger partial charge is 0.407 e. The number of sulfonamides is 1. The van der Waals surface area contributed by atoms with Crippen molar-refractivity contribution in [3.05, 3.63) is 59.6 Å². The molecule has 3 N–H and O–H groups in total. The molecule has 0 aliphatic heterocycles. The summed E-state index contributed by atoms with van der Waals surface area (Å²) in [4.78, 5) is 24.3. The van der Waals surface area contributed by atoms with Gasteiger partial charge in [-0.2, -0.15) is 0 Å². The summed E-state index contributed by atoms with van der Waals surface area (Å²) in [6.07, 6.45) is -0.653. The molecule has 182 valence electrons. The number of hydrogen-bond acceptors (Lipinski definition) is 6. The molecule has 0 aliphatic rings. The lowest BCUT2D eigenvalue weighted by atomic mass is 10.1. The number of fused-ring (bicyclic) bond motifs is 1. The van der Waals surface area contributed by atoms with Gasteiger partial charge in [0.25, 0.3) is 5.91 Å². The number of aryl methyl sites for hydroxylation is 1. The molecular formula is C23H26FN3O6S. The van der Waals surface area contributed by atoms with Gasteiger partial charge in [-0.15, -0.1) is 0 Å². The van der Waals surface area contributed by atoms with Gasteiger partial charge in [0.1, 0.15) is 17.0 Å². The summed E-state index contributed by atoms with van der Waals surface area (Å²) in [5.74, 6) is -1.05. The average Bonchev–Trinajstić information content (AvgIpc) is 3.06. The fourth-order valence-corrected chi connectivity index (χ4v) is 4.16. The van der Waals surface area contributed by atoms with Crippen molar-refractivity contribution in [2.75, 3.05) is 18.4 Å². The van der Waals surface area contributed by atoms with Crippen LogP contribution in [0.1, 0.15) is 36.9 Å². The molecule has 34 heavy (non-hydrogen) atoms. The highest BCUT2D eigenvalue weighted by molar-refractivity contribution is 7.89. The van der Waals surface area contributed by atoms with E-state index in [2.05, 4.69) is 15.4 Å². The lowest BCUT2D eigenvalue weighted by Crippen LogP contribution is -2.37. The zero-order valence-electron chi connectivity index (χ0n) is 19.2. The predicted octanol–water partition coefficient (Wildman–Crippen LogP) is 3.94. The van der Waals surface area contributed by atoms with Crippen molar-refractivity contribution in [2.45, 2.75) is 38.2 Å². The van der Waals surface area contributed by atoms with Crippen molar-refractivity contribution < 1.29 is 31.6 Å². The number of furan rings is 1. The molecular weight excluding hydrogens is 465 g/mol. The van der Waals surface area contributed by atoms with Crippen molar-refractivity contribution in [3.63, 3.8) is 0 Å². The molecule has 0 radical (unpaired) electrons. The number of hydrogen-bond donors (Lipinski definition) is 3. The van der Waals surface area contributed by atoms with E-state index in [9.17, 15) is 22.4 Å². The Morgan fingerprint density at radius 2 is 1.82 bits per heavy atom. The van der Waals surface area contributed by atoms with Crippen LogP contribution in [0.2, 0.25) is 0 Å². The van der Waals surface area contributed by atoms with Crippen LogP contribution in [0.5, 0.6) is 0 Å². The van der Waals surface area contributed by atoms with Crippen molar-refractivity contribution in [1.82, 2.24) is 10.0 Å². The largest absolute Gasteiger partial charge is 0.451 e. The van der Waals surface area contributed by atoms with Gasteiger partial charge >= 0.3 is 6.09 Å². The summed E-state index contributed by atoms with van der Waals surface area (Å²) < 4.78 is 51.7. The first-order valence-corrected chi connectivity index (χ1v) is 11.9. The van der Waals surface area contributed by atoms with Crippen LogP contribution in [-0.2, 0) is 14.8 Å². The topological polar surface area (TPSA) is 127 Å². The van der Waals surface area contributed by atoms with Crippen LogP contribution < -0.4 is 15.4 Å². The zero-order valence-corrected chi connectivity index (χ0v) is 20.0. The minimum Gasteiger partial charge on any atom is -0.451 e. The Morgan fingerprint density at radius 1 is 1.09 bits per heavy atom. The van der Waals surface area contributed by atoms with Crippen molar-refractivity contribution in [2.24, 2.45) is 0 Å². The maximum Gasteiger partial charge on any atom is 0.407 e. The molecule has 9 nitrogen and oxygen atoms in total. The third-order valence-electron chi connectivity index (χ3n) is 4.59. The molecule has 0 spiro atoms. The number of halogens is 1. The highest BCUT2D eigenvalue weighted by Crippen LogP contribution is 2.27. The third kappa shape index (κ3) is 6.33. The first kappa shape index (κ1) is 25.2. The van der Waals surface area contributed by atoms with Gasteiger partial charge in [0.2, 0.25) is 10.0 Å². The van der Waals surface area contributed by atoms with Gasteiger partial charge in [-0.05, 0) is 64.1 Å². The summed E-state index contributed by atoms with van der Waals surface area (Å²) in [5.41, 5.74) is 0.399. The zero-order chi connectivity index (χ0) is 25.1. The number of benzene rings is 2. The lowest BCUT2D eigenvalue weighted by Gasteiger charge is -2.19. The first-order chi connectivity index (χ1) is 15.9. The second kappa shape index (κ2) is 9.82. The Kier molecular flexibility index (Phi) is 7.27. The number of alkyl carbamates (subject to hydrolysis) is 1. The maximum atomic E-state index is 13.5. The Bertz CT molecular complexity index is 1330. The van der Waals surface area contributed by atoms with Crippen LogP contribution in [0.3, 0.4) is 0 Å². The molecule has 2 aromatic carbocycles. The van der Waals surface area contributed by atoms with Crippen LogP contribution in [0.25, 0.3) is 11.0 Å². The molecule has 11 heteroatoms. The third-order valence-corrected chi connectivity index (χ3v) is 6.05. The van der Waals surface area contributed by atoms with Gasteiger partial charge in [-0.1, -0.05) is 6.07 Å². The van der Waals surface area contributed by atoms with E-state index in [0.717, 1.165) is 0 Å². The highest BCUT2D eigenvalue weighted by atomic mass is 32.2. The monoisotopic (exact) mass is 491 g/mol. The van der Waals surface area contributed by atoms with E-state index < -0.39 is 33.4 Å². The Hall–Kier alpha value is -3.44. The predicted molar refractivity (Wildman–Crippen MR) is 125 cm³/mol. The van der Waals surface area contributed by atoms with Gasteiger partial charge in [0.15, 0.2) is 5.76 Å². The van der Waals surface area contributed by atoms with E-state index in [-0.39, 0.29) is 29.4 Å². The number of rotatable bonds is 7. The number of ether oxygens (including phenoxy) is 1. The molecule has 0 unspecified atom stereocenters. The quantitative estimate of drug-likeness (QED) is 0.430. The Balaban J connectivity index is 1.64. The van der Waals surface area contributed by atoms with Crippen LogP contribution in [-0.4, -0.2) is 39.1 Å². The number of nitrogens with one attached hydrogen (secondary N) is 3. The summed E-state index contributed by atoms with van der Waals surface area (Å²) in [6, 6.07) is 9.61. The summed E-state index contributed by atoms with van der Waals surface area (Å²) in [7, 11) is -3.91. The Labute approximate surface area is 196 Å². The van der Waals surface area contributed by atoms with E-state index in [1.165, 1.54) is 42.5 Å². The van der Waals surface area contributed by atoms with Crippen LogP contribution in [0.4, 0.5) is 14.9 Å². The fourth-order valence-electron chi connectivity index (χ4n) is 3.09. The fraction of sp³-hybridized carbons (Fsp3) is 0.304. The summed E-state index contributed by atoms with van der Waals surface area (Å²) >= 11 is 0. The molecule has 1 aromatic heterocycles. The van der Waals surface area contributed by atoms with Gasteiger partial charge < -0.3 is 19.8 Å². The molecule has 2 amide bonds. The minimum atomic E-state index is -3.91. The van der Waals surface area contributed by atoms with E-state index in [0.29, 0.717) is 16.5 Å². The highest BCUT2D eigenvalue weighted by Gasteiger charge is 2.20. The number of carbonyl (C=O) groups is 2. The van der Waals surface area contributed by atoms with Crippen LogP contribution >= 0.6 is 0 Å². The molecule has 3 aromatic rings. The van der Waals surface area contributed by atoms with Crippen molar-refractivity contribution in [1.29, 1.82) is 0 Å². The van der Waals surface area contributed by atoms with Gasteiger partial charge in [-0.25, -0.2) is 22.3 Å². The van der Waals surface area contributed by atoms with Gasteiger partial charge in [0, 0.05) is 29.7 Å². The molecule has 0 aliphatic carbocycles. The van der Waals surface area contributed by atoms with E-state index in [1.807, 2.05) is 0 Å². The molecule has 1 heterocycles. The standard InChI is InChI=1S/C23H26FN3O6S/c1-14-18-12-15(24)8-9-19(18)32-20(14)21(28)27-16-6-5-7-17(13-16)34(30,31)26-11-10-25-22(29)33-23(2,3)4/h5-9,12-13,26H,10-11H2,1-4H3,(H,25,29)(H,27,28). The lowest BCUT2D eigenvalue weighted by molar-refractivity contribution is 0.0528. The molecule has 0 saturated heterocycles. The maximum absolute atomic E-state index is 13.5. The number of amides is 2. The minimum absolute atomic E-state index is 0.000187. The van der Waals surface area contributed by atoms with Gasteiger partial charge in [-0.3, -0.25) is 4.79 Å².